The van der Waals surface area contributed by atoms with Crippen molar-refractivity contribution in [2.24, 2.45) is 23.7 Å². The fourth-order valence-corrected chi connectivity index (χ4v) is 6.40. The average molecular weight is 361 g/mol. The standard InChI is InChI=1S/C23H23NO3/c1-13-7-9-15(10-8-13)23-19-17-11-16(20(25)21(17)27-23)18(19)22(26)24(23)12-14-5-3-2-4-6-14/h2-10,16-21,25H,11-12H2,1H3. The SMILES string of the molecule is Cc1ccc(C23OC4C(O)C5CC4C2C5C(=O)N3Cc2ccccc2)cc1. The predicted molar refractivity (Wildman–Crippen MR) is 99.3 cm³/mol. The number of rotatable bonds is 3. The maximum absolute atomic E-state index is 13.5. The summed E-state index contributed by atoms with van der Waals surface area (Å²) in [6, 6.07) is 18.5. The van der Waals surface area contributed by atoms with Crippen LogP contribution in [0, 0.1) is 30.6 Å². The number of benzene rings is 2. The molecule has 2 aromatic rings. The summed E-state index contributed by atoms with van der Waals surface area (Å²) >= 11 is 0. The molecule has 0 aromatic heterocycles. The van der Waals surface area contributed by atoms with E-state index in [2.05, 4.69) is 43.3 Å². The van der Waals surface area contributed by atoms with Crippen molar-refractivity contribution < 1.29 is 14.6 Å². The highest BCUT2D eigenvalue weighted by Crippen LogP contribution is 2.70. The number of nitrogens with zero attached hydrogens (tertiary/aromatic N) is 1. The van der Waals surface area contributed by atoms with Crippen LogP contribution in [0.2, 0.25) is 0 Å². The number of likely N-dealkylation sites (tertiary alicyclic amines) is 1. The van der Waals surface area contributed by atoms with Crippen LogP contribution >= 0.6 is 0 Å². The number of carbonyl (C=O) groups is 1. The minimum absolute atomic E-state index is 0.0468. The van der Waals surface area contributed by atoms with E-state index in [1.807, 2.05) is 23.1 Å². The van der Waals surface area contributed by atoms with Gasteiger partial charge >= 0.3 is 0 Å². The van der Waals surface area contributed by atoms with Crippen LogP contribution in [0.3, 0.4) is 0 Å². The lowest BCUT2D eigenvalue weighted by atomic mass is 9.75. The second kappa shape index (κ2) is 5.21. The molecular weight excluding hydrogens is 338 g/mol. The van der Waals surface area contributed by atoms with Crippen molar-refractivity contribution in [2.45, 2.75) is 37.8 Å². The number of carbonyl (C=O) groups excluding carboxylic acids is 1. The number of amides is 1. The zero-order chi connectivity index (χ0) is 18.3. The molecule has 138 valence electrons. The quantitative estimate of drug-likeness (QED) is 0.915. The topological polar surface area (TPSA) is 49.8 Å². The van der Waals surface area contributed by atoms with Gasteiger partial charge in [-0.15, -0.1) is 0 Å². The van der Waals surface area contributed by atoms with E-state index in [1.54, 1.807) is 0 Å². The molecule has 1 amide bonds. The Kier molecular flexibility index (Phi) is 3.06. The fraction of sp³-hybridized carbons (Fsp3) is 0.435. The Morgan fingerprint density at radius 2 is 1.85 bits per heavy atom. The van der Waals surface area contributed by atoms with Crippen LogP contribution in [-0.4, -0.2) is 28.1 Å². The minimum Gasteiger partial charge on any atom is -0.390 e. The highest BCUT2D eigenvalue weighted by Gasteiger charge is 2.78. The zero-order valence-corrected chi connectivity index (χ0v) is 15.3. The molecule has 2 heterocycles. The van der Waals surface area contributed by atoms with E-state index < -0.39 is 11.8 Å². The summed E-state index contributed by atoms with van der Waals surface area (Å²) < 4.78 is 6.67. The van der Waals surface area contributed by atoms with Gasteiger partial charge in [0.25, 0.3) is 0 Å². The molecule has 4 heteroatoms. The summed E-state index contributed by atoms with van der Waals surface area (Å²) in [4.78, 5) is 15.5. The van der Waals surface area contributed by atoms with E-state index in [0.29, 0.717) is 6.54 Å². The molecule has 4 nitrogen and oxygen atoms in total. The van der Waals surface area contributed by atoms with Gasteiger partial charge in [0, 0.05) is 18.0 Å². The molecule has 4 fully saturated rings. The highest BCUT2D eigenvalue weighted by atomic mass is 16.6. The van der Waals surface area contributed by atoms with Gasteiger partial charge in [0.15, 0.2) is 5.72 Å². The van der Waals surface area contributed by atoms with E-state index in [9.17, 15) is 9.90 Å². The average Bonchev–Trinajstić information content (AvgIpc) is 3.35. The van der Waals surface area contributed by atoms with E-state index in [1.165, 1.54) is 5.56 Å². The van der Waals surface area contributed by atoms with Gasteiger partial charge in [0.2, 0.25) is 5.91 Å². The molecule has 7 unspecified atom stereocenters. The van der Waals surface area contributed by atoms with Crippen molar-refractivity contribution in [3.8, 4) is 0 Å². The highest BCUT2D eigenvalue weighted by molar-refractivity contribution is 5.85. The first-order valence-electron chi connectivity index (χ1n) is 9.90. The number of hydrogen-bond donors (Lipinski definition) is 1. The van der Waals surface area contributed by atoms with Crippen molar-refractivity contribution in [3.05, 3.63) is 71.3 Å². The van der Waals surface area contributed by atoms with Crippen LogP contribution in [0.25, 0.3) is 0 Å². The Morgan fingerprint density at radius 1 is 1.11 bits per heavy atom. The lowest BCUT2D eigenvalue weighted by molar-refractivity contribution is -0.184. The largest absolute Gasteiger partial charge is 0.390 e. The molecule has 4 aliphatic rings. The van der Waals surface area contributed by atoms with Gasteiger partial charge in [-0.2, -0.15) is 0 Å². The van der Waals surface area contributed by atoms with Gasteiger partial charge in [0.05, 0.1) is 18.1 Å². The molecule has 1 N–H and O–H groups in total. The van der Waals surface area contributed by atoms with Crippen LogP contribution < -0.4 is 0 Å². The van der Waals surface area contributed by atoms with Crippen molar-refractivity contribution in [1.82, 2.24) is 4.90 Å². The smallest absolute Gasteiger partial charge is 0.229 e. The zero-order valence-electron chi connectivity index (χ0n) is 15.3. The molecule has 2 bridgehead atoms. The molecule has 0 radical (unpaired) electrons. The van der Waals surface area contributed by atoms with Crippen molar-refractivity contribution in [3.63, 3.8) is 0 Å². The summed E-state index contributed by atoms with van der Waals surface area (Å²) in [5.74, 6) is 0.504. The fourth-order valence-electron chi connectivity index (χ4n) is 6.40. The number of hydrogen-bond acceptors (Lipinski definition) is 3. The predicted octanol–water partition coefficient (Wildman–Crippen LogP) is 2.83. The lowest BCUT2D eigenvalue weighted by Crippen LogP contribution is -2.48. The Bertz CT molecular complexity index is 911. The summed E-state index contributed by atoms with van der Waals surface area (Å²) in [6.45, 7) is 2.61. The van der Waals surface area contributed by atoms with E-state index in [0.717, 1.165) is 17.5 Å². The van der Waals surface area contributed by atoms with Crippen molar-refractivity contribution >= 4 is 5.91 Å². The molecule has 2 aromatic carbocycles. The first-order valence-corrected chi connectivity index (χ1v) is 9.90. The van der Waals surface area contributed by atoms with Crippen LogP contribution in [0.15, 0.2) is 54.6 Å². The van der Waals surface area contributed by atoms with Crippen LogP contribution in [-0.2, 0) is 21.8 Å². The third-order valence-corrected chi connectivity index (χ3v) is 7.42. The minimum atomic E-state index is -0.743. The van der Waals surface area contributed by atoms with Gasteiger partial charge in [-0.05, 0) is 30.7 Å². The molecule has 2 saturated heterocycles. The van der Waals surface area contributed by atoms with E-state index in [4.69, 9.17) is 4.74 Å². The summed E-state index contributed by atoms with van der Waals surface area (Å²) in [7, 11) is 0. The number of fused-ring (bicyclic) bond motifs is 2. The second-order valence-electron chi connectivity index (χ2n) is 8.66. The van der Waals surface area contributed by atoms with Crippen molar-refractivity contribution in [2.75, 3.05) is 0 Å². The Labute approximate surface area is 158 Å². The Balaban J connectivity index is 1.52. The first kappa shape index (κ1) is 15.8. The number of aliphatic hydroxyl groups is 1. The Morgan fingerprint density at radius 3 is 2.59 bits per heavy atom. The molecule has 6 rings (SSSR count). The van der Waals surface area contributed by atoms with E-state index >= 15 is 0 Å². The number of aliphatic hydroxyl groups excluding tert-OH is 1. The molecule has 2 aliphatic carbocycles. The summed E-state index contributed by atoms with van der Waals surface area (Å²) in [5.41, 5.74) is 2.61. The molecule has 27 heavy (non-hydrogen) atoms. The van der Waals surface area contributed by atoms with Gasteiger partial charge < -0.3 is 14.7 Å². The second-order valence-corrected chi connectivity index (χ2v) is 8.66. The van der Waals surface area contributed by atoms with Gasteiger partial charge in [-0.1, -0.05) is 60.2 Å². The third-order valence-electron chi connectivity index (χ3n) is 7.42. The molecule has 2 saturated carbocycles. The van der Waals surface area contributed by atoms with Crippen LogP contribution in [0.5, 0.6) is 0 Å². The summed E-state index contributed by atoms with van der Waals surface area (Å²) in [5, 5.41) is 10.7. The normalized spacial score (nSPS) is 41.0. The third kappa shape index (κ3) is 1.83. The Hall–Kier alpha value is -2.17. The molecule has 0 spiro atoms. The van der Waals surface area contributed by atoms with Crippen LogP contribution in [0.4, 0.5) is 0 Å². The number of ether oxygens (including phenoxy) is 1. The lowest BCUT2D eigenvalue weighted by Gasteiger charge is -2.39. The van der Waals surface area contributed by atoms with E-state index in [-0.39, 0.29) is 35.7 Å². The van der Waals surface area contributed by atoms with Gasteiger partial charge in [-0.25, -0.2) is 0 Å². The molecule has 2 aliphatic heterocycles. The first-order chi connectivity index (χ1) is 13.1. The number of aryl methyl sites for hydroxylation is 1. The van der Waals surface area contributed by atoms with Gasteiger partial charge in [-0.3, -0.25) is 4.79 Å². The van der Waals surface area contributed by atoms with Gasteiger partial charge in [0.1, 0.15) is 0 Å². The maximum atomic E-state index is 13.5. The van der Waals surface area contributed by atoms with Crippen molar-refractivity contribution in [1.29, 1.82) is 0 Å². The van der Waals surface area contributed by atoms with Crippen LogP contribution in [0.1, 0.15) is 23.1 Å². The molecule has 7 atom stereocenters. The molecular formula is C23H23NO3. The summed E-state index contributed by atoms with van der Waals surface area (Å²) in [6.07, 6.45) is 0.259. The maximum Gasteiger partial charge on any atom is 0.229 e. The monoisotopic (exact) mass is 361 g/mol.